The normalized spacial score (nSPS) is 11.6. The Kier molecular flexibility index (Phi) is 5.31. The first-order valence-corrected chi connectivity index (χ1v) is 7.69. The zero-order valence-electron chi connectivity index (χ0n) is 13.9. The van der Waals surface area contributed by atoms with E-state index in [-0.39, 0.29) is 16.9 Å². The molecule has 3 N–H and O–H groups in total. The SMILES string of the molecule is CC(C)(C)C#C/C=C/CNCc1cc(O)c(O)c2ccccc12. The van der Waals surface area contributed by atoms with Gasteiger partial charge in [-0.1, -0.05) is 42.2 Å². The molecule has 0 radical (unpaired) electrons. The van der Waals surface area contributed by atoms with Gasteiger partial charge in [0, 0.05) is 23.9 Å². The average molecular weight is 309 g/mol. The first-order chi connectivity index (χ1) is 10.9. The Hall–Kier alpha value is -2.44. The third-order valence-electron chi connectivity index (χ3n) is 3.31. The lowest BCUT2D eigenvalue weighted by molar-refractivity contribution is 0.407. The summed E-state index contributed by atoms with van der Waals surface area (Å²) in [7, 11) is 0. The van der Waals surface area contributed by atoms with Gasteiger partial charge in [-0.3, -0.25) is 0 Å². The number of hydrogen-bond acceptors (Lipinski definition) is 3. The highest BCUT2D eigenvalue weighted by Gasteiger charge is 2.09. The number of aromatic hydroxyl groups is 2. The lowest BCUT2D eigenvalue weighted by Gasteiger charge is -2.10. The van der Waals surface area contributed by atoms with Crippen LogP contribution in [0.4, 0.5) is 0 Å². The van der Waals surface area contributed by atoms with E-state index in [1.165, 1.54) is 0 Å². The summed E-state index contributed by atoms with van der Waals surface area (Å²) >= 11 is 0. The van der Waals surface area contributed by atoms with E-state index in [1.54, 1.807) is 12.1 Å². The van der Waals surface area contributed by atoms with Gasteiger partial charge in [0.05, 0.1) is 0 Å². The molecule has 0 aliphatic rings. The molecule has 0 saturated carbocycles. The Balaban J connectivity index is 2.02. The maximum atomic E-state index is 9.92. The van der Waals surface area contributed by atoms with Gasteiger partial charge >= 0.3 is 0 Å². The van der Waals surface area contributed by atoms with E-state index in [0.29, 0.717) is 18.5 Å². The predicted molar refractivity (Wildman–Crippen MR) is 95.4 cm³/mol. The summed E-state index contributed by atoms with van der Waals surface area (Å²) in [4.78, 5) is 0. The molecule has 23 heavy (non-hydrogen) atoms. The summed E-state index contributed by atoms with van der Waals surface area (Å²) in [6, 6.07) is 9.11. The van der Waals surface area contributed by atoms with Crippen molar-refractivity contribution in [3.8, 4) is 23.3 Å². The molecule has 0 saturated heterocycles. The number of phenolic OH excluding ortho intramolecular Hbond substituents is 2. The number of allylic oxidation sites excluding steroid dienone is 1. The van der Waals surface area contributed by atoms with Crippen LogP contribution in [0.25, 0.3) is 10.8 Å². The molecular formula is C20H23NO2. The van der Waals surface area contributed by atoms with E-state index in [1.807, 2.05) is 30.4 Å². The molecule has 0 aromatic heterocycles. The molecule has 0 unspecified atom stereocenters. The fourth-order valence-electron chi connectivity index (χ4n) is 2.23. The molecule has 0 atom stereocenters. The third-order valence-corrected chi connectivity index (χ3v) is 3.31. The van der Waals surface area contributed by atoms with Crippen LogP contribution in [0.2, 0.25) is 0 Å². The van der Waals surface area contributed by atoms with Crippen LogP contribution in [0.5, 0.6) is 11.5 Å². The maximum absolute atomic E-state index is 9.92. The van der Waals surface area contributed by atoms with Crippen molar-refractivity contribution in [2.75, 3.05) is 6.54 Å². The summed E-state index contributed by atoms with van der Waals surface area (Å²) < 4.78 is 0. The van der Waals surface area contributed by atoms with E-state index < -0.39 is 0 Å². The fourth-order valence-corrected chi connectivity index (χ4v) is 2.23. The van der Waals surface area contributed by atoms with E-state index in [4.69, 9.17) is 0 Å². The van der Waals surface area contributed by atoms with E-state index in [9.17, 15) is 10.2 Å². The molecule has 0 spiro atoms. The Labute approximate surface area is 137 Å². The van der Waals surface area contributed by atoms with Crippen LogP contribution in [0.3, 0.4) is 0 Å². The molecule has 3 nitrogen and oxygen atoms in total. The second kappa shape index (κ2) is 7.21. The van der Waals surface area contributed by atoms with Gasteiger partial charge < -0.3 is 15.5 Å². The average Bonchev–Trinajstić information content (AvgIpc) is 2.50. The van der Waals surface area contributed by atoms with Crippen LogP contribution in [-0.4, -0.2) is 16.8 Å². The Morgan fingerprint density at radius 3 is 2.52 bits per heavy atom. The molecule has 2 aromatic rings. The van der Waals surface area contributed by atoms with Gasteiger partial charge in [0.1, 0.15) is 0 Å². The zero-order valence-corrected chi connectivity index (χ0v) is 13.9. The van der Waals surface area contributed by atoms with Crippen molar-refractivity contribution in [3.05, 3.63) is 48.0 Å². The molecule has 2 rings (SSSR count). The minimum absolute atomic E-state index is 0.0141. The van der Waals surface area contributed by atoms with Gasteiger partial charge in [-0.05, 0) is 43.9 Å². The fraction of sp³-hybridized carbons (Fsp3) is 0.300. The molecule has 0 amide bonds. The molecule has 0 aliphatic carbocycles. The van der Waals surface area contributed by atoms with E-state index in [2.05, 4.69) is 37.9 Å². The predicted octanol–water partition coefficient (Wildman–Crippen LogP) is 3.95. The highest BCUT2D eigenvalue weighted by atomic mass is 16.3. The molecule has 3 heteroatoms. The topological polar surface area (TPSA) is 52.5 Å². The number of benzene rings is 2. The monoisotopic (exact) mass is 309 g/mol. The smallest absolute Gasteiger partial charge is 0.165 e. The molecule has 2 aromatic carbocycles. The second-order valence-electron chi connectivity index (χ2n) is 6.50. The van der Waals surface area contributed by atoms with Crippen molar-refractivity contribution in [1.29, 1.82) is 0 Å². The lowest BCUT2D eigenvalue weighted by atomic mass is 9.98. The van der Waals surface area contributed by atoms with E-state index >= 15 is 0 Å². The van der Waals surface area contributed by atoms with Gasteiger partial charge in [0.25, 0.3) is 0 Å². The number of nitrogens with one attached hydrogen (secondary N) is 1. The summed E-state index contributed by atoms with van der Waals surface area (Å²) in [5.74, 6) is 6.01. The van der Waals surface area contributed by atoms with Crippen LogP contribution >= 0.6 is 0 Å². The van der Waals surface area contributed by atoms with Crippen LogP contribution in [-0.2, 0) is 6.54 Å². The van der Waals surface area contributed by atoms with Crippen molar-refractivity contribution in [1.82, 2.24) is 5.32 Å². The highest BCUT2D eigenvalue weighted by molar-refractivity contribution is 5.93. The summed E-state index contributed by atoms with van der Waals surface area (Å²) in [6.07, 6.45) is 3.83. The molecule has 0 bridgehead atoms. The molecule has 120 valence electrons. The van der Waals surface area contributed by atoms with Gasteiger partial charge in [-0.15, -0.1) is 0 Å². The number of phenols is 2. The quantitative estimate of drug-likeness (QED) is 0.455. The zero-order chi connectivity index (χ0) is 16.9. The Morgan fingerprint density at radius 1 is 1.13 bits per heavy atom. The summed E-state index contributed by atoms with van der Waals surface area (Å²) in [6.45, 7) is 7.53. The van der Waals surface area contributed by atoms with Crippen molar-refractivity contribution in [2.24, 2.45) is 5.41 Å². The Bertz CT molecular complexity index is 774. The van der Waals surface area contributed by atoms with Crippen LogP contribution in [0.15, 0.2) is 42.5 Å². The largest absolute Gasteiger partial charge is 0.504 e. The standard InChI is InChI=1S/C20H23NO2/c1-20(2,3)11-7-4-8-12-21-14-15-13-18(22)19(23)17-10-6-5-9-16(15)17/h4-6,8-10,13,21-23H,12,14H2,1-3H3/b8-4+. The number of fused-ring (bicyclic) bond motifs is 1. The molecular weight excluding hydrogens is 286 g/mol. The van der Waals surface area contributed by atoms with Gasteiger partial charge in [0.15, 0.2) is 11.5 Å². The van der Waals surface area contributed by atoms with Crippen molar-refractivity contribution in [2.45, 2.75) is 27.3 Å². The van der Waals surface area contributed by atoms with Crippen molar-refractivity contribution in [3.63, 3.8) is 0 Å². The van der Waals surface area contributed by atoms with Crippen molar-refractivity contribution < 1.29 is 10.2 Å². The summed E-state index contributed by atoms with van der Waals surface area (Å²) in [5.41, 5.74) is 0.963. The van der Waals surface area contributed by atoms with Gasteiger partial charge in [-0.25, -0.2) is 0 Å². The third kappa shape index (κ3) is 4.77. The molecule has 0 heterocycles. The van der Waals surface area contributed by atoms with Crippen LogP contribution in [0, 0.1) is 17.3 Å². The molecule has 0 aliphatic heterocycles. The summed E-state index contributed by atoms with van der Waals surface area (Å²) in [5, 5.41) is 24.6. The minimum atomic E-state index is -0.0907. The second-order valence-corrected chi connectivity index (χ2v) is 6.50. The van der Waals surface area contributed by atoms with Crippen LogP contribution in [0.1, 0.15) is 26.3 Å². The Morgan fingerprint density at radius 2 is 1.83 bits per heavy atom. The number of rotatable bonds is 4. The minimum Gasteiger partial charge on any atom is -0.504 e. The maximum Gasteiger partial charge on any atom is 0.165 e. The molecule has 0 fully saturated rings. The van der Waals surface area contributed by atoms with Crippen LogP contribution < -0.4 is 5.32 Å². The van der Waals surface area contributed by atoms with Gasteiger partial charge in [0.2, 0.25) is 0 Å². The first-order valence-electron chi connectivity index (χ1n) is 7.69. The van der Waals surface area contributed by atoms with E-state index in [0.717, 1.165) is 10.9 Å². The van der Waals surface area contributed by atoms with Gasteiger partial charge in [-0.2, -0.15) is 0 Å². The lowest BCUT2D eigenvalue weighted by Crippen LogP contribution is -2.13. The number of hydrogen-bond donors (Lipinski definition) is 3. The first kappa shape index (κ1) is 16.9. The van der Waals surface area contributed by atoms with Crippen molar-refractivity contribution >= 4 is 10.8 Å². The highest BCUT2D eigenvalue weighted by Crippen LogP contribution is 2.35.